The molecule has 1 aromatic heterocycles. The summed E-state index contributed by atoms with van der Waals surface area (Å²) >= 11 is 5.12. The Morgan fingerprint density at radius 1 is 1.43 bits per heavy atom. The Hall–Kier alpha value is 0.1000. The fourth-order valence-corrected chi connectivity index (χ4v) is 3.32. The smallest absolute Gasteiger partial charge is 0.0739 e. The first kappa shape index (κ1) is 10.6. The fraction of sp³-hybridized carbons (Fsp3) is 0.600. The van der Waals surface area contributed by atoms with Crippen LogP contribution in [0.4, 0.5) is 0 Å². The Morgan fingerprint density at radius 2 is 2.14 bits per heavy atom. The van der Waals surface area contributed by atoms with Crippen LogP contribution in [0, 0.1) is 0 Å². The molecule has 1 aromatic rings. The van der Waals surface area contributed by atoms with Gasteiger partial charge < -0.3 is 9.84 Å². The summed E-state index contributed by atoms with van der Waals surface area (Å²) in [4.78, 5) is 1.24. The molecule has 0 atom stereocenters. The topological polar surface area (TPSA) is 29.5 Å². The summed E-state index contributed by atoms with van der Waals surface area (Å²) in [6, 6.07) is 4.10. The first-order valence-electron chi connectivity index (χ1n) is 4.72. The predicted octanol–water partition coefficient (Wildman–Crippen LogP) is 2.59. The Bertz CT molecular complexity index is 305. The van der Waals surface area contributed by atoms with E-state index in [1.54, 1.807) is 11.3 Å². The molecule has 1 saturated heterocycles. The highest BCUT2D eigenvalue weighted by atomic mass is 79.9. The summed E-state index contributed by atoms with van der Waals surface area (Å²) < 4.78 is 6.37. The van der Waals surface area contributed by atoms with E-state index in [1.807, 2.05) is 6.07 Å². The van der Waals surface area contributed by atoms with Crippen LogP contribution in [0.25, 0.3) is 0 Å². The summed E-state index contributed by atoms with van der Waals surface area (Å²) in [6.45, 7) is 1.37. The molecule has 2 rings (SSSR count). The zero-order valence-corrected chi connectivity index (χ0v) is 10.2. The maximum absolute atomic E-state index is 10.2. The van der Waals surface area contributed by atoms with Crippen molar-refractivity contribution in [3.05, 3.63) is 20.8 Å². The Labute approximate surface area is 96.0 Å². The number of halogens is 1. The van der Waals surface area contributed by atoms with Crippen LogP contribution in [0.3, 0.4) is 0 Å². The van der Waals surface area contributed by atoms with E-state index in [2.05, 4.69) is 22.0 Å². The van der Waals surface area contributed by atoms with Gasteiger partial charge in [-0.15, -0.1) is 11.3 Å². The summed E-state index contributed by atoms with van der Waals surface area (Å²) in [7, 11) is 0. The van der Waals surface area contributed by atoms with Crippen molar-refractivity contribution in [2.45, 2.75) is 24.9 Å². The SMILES string of the molecule is OC1(Cc2ccc(Br)s2)CCOCC1. The van der Waals surface area contributed by atoms with Crippen molar-refractivity contribution in [2.24, 2.45) is 0 Å². The van der Waals surface area contributed by atoms with E-state index in [9.17, 15) is 5.11 Å². The number of aliphatic hydroxyl groups is 1. The third-order valence-corrected chi connectivity index (χ3v) is 4.18. The van der Waals surface area contributed by atoms with Crippen molar-refractivity contribution in [1.82, 2.24) is 0 Å². The average molecular weight is 277 g/mol. The first-order valence-corrected chi connectivity index (χ1v) is 6.33. The molecule has 0 spiro atoms. The van der Waals surface area contributed by atoms with Crippen LogP contribution in [0.5, 0.6) is 0 Å². The van der Waals surface area contributed by atoms with E-state index in [0.29, 0.717) is 13.2 Å². The fourth-order valence-electron chi connectivity index (χ4n) is 1.70. The minimum Gasteiger partial charge on any atom is -0.389 e. The lowest BCUT2D eigenvalue weighted by atomic mass is 9.90. The monoisotopic (exact) mass is 276 g/mol. The van der Waals surface area contributed by atoms with Gasteiger partial charge in [0.05, 0.1) is 9.39 Å². The highest BCUT2D eigenvalue weighted by molar-refractivity contribution is 9.11. The van der Waals surface area contributed by atoms with Gasteiger partial charge in [-0.25, -0.2) is 0 Å². The predicted molar refractivity (Wildman–Crippen MR) is 60.7 cm³/mol. The molecule has 1 fully saturated rings. The van der Waals surface area contributed by atoms with E-state index in [1.165, 1.54) is 4.88 Å². The lowest BCUT2D eigenvalue weighted by Crippen LogP contribution is -2.37. The third kappa shape index (κ3) is 2.57. The van der Waals surface area contributed by atoms with Gasteiger partial charge in [-0.2, -0.15) is 0 Å². The van der Waals surface area contributed by atoms with E-state index in [-0.39, 0.29) is 0 Å². The van der Waals surface area contributed by atoms with Gasteiger partial charge in [-0.1, -0.05) is 0 Å². The second-order valence-electron chi connectivity index (χ2n) is 3.72. The van der Waals surface area contributed by atoms with Gasteiger partial charge in [0.25, 0.3) is 0 Å². The molecule has 0 unspecified atom stereocenters. The van der Waals surface area contributed by atoms with Gasteiger partial charge in [-0.05, 0) is 40.9 Å². The van der Waals surface area contributed by atoms with Crippen molar-refractivity contribution < 1.29 is 9.84 Å². The van der Waals surface area contributed by atoms with Crippen LogP contribution >= 0.6 is 27.3 Å². The molecule has 78 valence electrons. The Morgan fingerprint density at radius 3 is 2.71 bits per heavy atom. The lowest BCUT2D eigenvalue weighted by Gasteiger charge is -2.31. The molecule has 1 N–H and O–H groups in total. The van der Waals surface area contributed by atoms with Crippen LogP contribution in [-0.2, 0) is 11.2 Å². The van der Waals surface area contributed by atoms with Crippen LogP contribution < -0.4 is 0 Å². The molecular weight excluding hydrogens is 264 g/mol. The van der Waals surface area contributed by atoms with Crippen molar-refractivity contribution in [3.63, 3.8) is 0 Å². The van der Waals surface area contributed by atoms with E-state index in [4.69, 9.17) is 4.74 Å². The van der Waals surface area contributed by atoms with Gasteiger partial charge in [0.1, 0.15) is 0 Å². The van der Waals surface area contributed by atoms with Crippen molar-refractivity contribution in [1.29, 1.82) is 0 Å². The molecule has 4 heteroatoms. The summed E-state index contributed by atoms with van der Waals surface area (Å²) in [5, 5.41) is 10.2. The highest BCUT2D eigenvalue weighted by Gasteiger charge is 2.30. The zero-order valence-electron chi connectivity index (χ0n) is 7.83. The molecule has 0 aliphatic carbocycles. The molecule has 2 nitrogen and oxygen atoms in total. The molecule has 0 amide bonds. The van der Waals surface area contributed by atoms with Crippen LogP contribution in [0.15, 0.2) is 15.9 Å². The highest BCUT2D eigenvalue weighted by Crippen LogP contribution is 2.30. The molecule has 0 bridgehead atoms. The average Bonchev–Trinajstić information content (AvgIpc) is 2.51. The van der Waals surface area contributed by atoms with Gasteiger partial charge in [-0.3, -0.25) is 0 Å². The summed E-state index contributed by atoms with van der Waals surface area (Å²) in [6.07, 6.45) is 2.26. The summed E-state index contributed by atoms with van der Waals surface area (Å²) in [5.41, 5.74) is -0.539. The quantitative estimate of drug-likeness (QED) is 0.900. The van der Waals surface area contributed by atoms with Gasteiger partial charge >= 0.3 is 0 Å². The Kier molecular flexibility index (Phi) is 3.27. The van der Waals surface area contributed by atoms with Crippen LogP contribution in [-0.4, -0.2) is 23.9 Å². The number of rotatable bonds is 2. The Balaban J connectivity index is 2.01. The minimum atomic E-state index is -0.539. The number of ether oxygens (including phenoxy) is 1. The van der Waals surface area contributed by atoms with E-state index < -0.39 is 5.60 Å². The van der Waals surface area contributed by atoms with Gasteiger partial charge in [0, 0.05) is 24.5 Å². The minimum absolute atomic E-state index is 0.539. The number of thiophene rings is 1. The molecular formula is C10H13BrO2S. The molecule has 1 aliphatic rings. The van der Waals surface area contributed by atoms with E-state index >= 15 is 0 Å². The third-order valence-electron chi connectivity index (χ3n) is 2.56. The second kappa shape index (κ2) is 4.31. The van der Waals surface area contributed by atoms with E-state index in [0.717, 1.165) is 23.0 Å². The van der Waals surface area contributed by atoms with Crippen molar-refractivity contribution >= 4 is 27.3 Å². The molecule has 0 aromatic carbocycles. The van der Waals surface area contributed by atoms with Crippen molar-refractivity contribution in [2.75, 3.05) is 13.2 Å². The molecule has 1 aliphatic heterocycles. The molecule has 14 heavy (non-hydrogen) atoms. The standard InChI is InChI=1S/C10H13BrO2S/c11-9-2-1-8(14-9)7-10(12)3-5-13-6-4-10/h1-2,12H,3-7H2. The van der Waals surface area contributed by atoms with Gasteiger partial charge in [0.15, 0.2) is 0 Å². The van der Waals surface area contributed by atoms with Gasteiger partial charge in [0.2, 0.25) is 0 Å². The molecule has 0 radical (unpaired) electrons. The van der Waals surface area contributed by atoms with Crippen LogP contribution in [0.1, 0.15) is 17.7 Å². The zero-order chi connectivity index (χ0) is 10.0. The largest absolute Gasteiger partial charge is 0.389 e. The van der Waals surface area contributed by atoms with Crippen molar-refractivity contribution in [3.8, 4) is 0 Å². The first-order chi connectivity index (χ1) is 6.68. The lowest BCUT2D eigenvalue weighted by molar-refractivity contribution is -0.0621. The number of hydrogen-bond acceptors (Lipinski definition) is 3. The molecule has 2 heterocycles. The normalized spacial score (nSPS) is 21.0. The summed E-state index contributed by atoms with van der Waals surface area (Å²) in [5.74, 6) is 0. The van der Waals surface area contributed by atoms with Crippen LogP contribution in [0.2, 0.25) is 0 Å². The molecule has 0 saturated carbocycles. The second-order valence-corrected chi connectivity index (χ2v) is 6.27. The number of hydrogen-bond donors (Lipinski definition) is 1. The maximum Gasteiger partial charge on any atom is 0.0739 e. The maximum atomic E-state index is 10.2.